The van der Waals surface area contributed by atoms with E-state index in [4.69, 9.17) is 4.74 Å². The molecule has 1 amide bonds. The molecule has 0 aliphatic rings. The van der Waals surface area contributed by atoms with Gasteiger partial charge in [0.25, 0.3) is 0 Å². The highest BCUT2D eigenvalue weighted by molar-refractivity contribution is 7.89. The number of amides is 1. The zero-order valence-electron chi connectivity index (χ0n) is 19.1. The molecule has 3 rings (SSSR count). The summed E-state index contributed by atoms with van der Waals surface area (Å²) in [4.78, 5) is 24.8. The predicted octanol–water partition coefficient (Wildman–Crippen LogP) is 3.32. The molecule has 0 bridgehead atoms. The van der Waals surface area contributed by atoms with E-state index in [1.807, 2.05) is 30.3 Å². The Balaban J connectivity index is 1.85. The number of methoxy groups -OCH3 is 2. The van der Waals surface area contributed by atoms with Crippen molar-refractivity contribution in [2.45, 2.75) is 24.3 Å². The normalized spacial score (nSPS) is 12.0. The van der Waals surface area contributed by atoms with Gasteiger partial charge in [-0.15, -0.1) is 0 Å². The number of ether oxygens (including phenoxy) is 2. The summed E-state index contributed by atoms with van der Waals surface area (Å²) in [7, 11) is -1.23. The Morgan fingerprint density at radius 2 is 1.62 bits per heavy atom. The third kappa shape index (κ3) is 6.21. The monoisotopic (exact) mass is 482 g/mol. The first-order valence-electron chi connectivity index (χ1n) is 10.4. The Kier molecular flexibility index (Phi) is 8.04. The van der Waals surface area contributed by atoms with Crippen LogP contribution in [0, 0.1) is 6.92 Å². The molecule has 3 aromatic rings. The zero-order chi connectivity index (χ0) is 24.7. The van der Waals surface area contributed by atoms with Crippen LogP contribution in [0.4, 0.5) is 5.69 Å². The molecule has 9 heteroatoms. The van der Waals surface area contributed by atoms with E-state index in [1.165, 1.54) is 38.5 Å². The maximum Gasteiger partial charge on any atom is 0.337 e. The number of sulfonamides is 1. The second-order valence-corrected chi connectivity index (χ2v) is 9.27. The lowest BCUT2D eigenvalue weighted by Gasteiger charge is -2.19. The van der Waals surface area contributed by atoms with Crippen LogP contribution < -0.4 is 14.8 Å². The summed E-state index contributed by atoms with van der Waals surface area (Å²) < 4.78 is 38.6. The number of carbonyl (C=O) groups is 2. The van der Waals surface area contributed by atoms with Crippen LogP contribution in [0.15, 0.2) is 77.7 Å². The standard InChI is InChI=1S/C25H26N2O6S/c1-17-15-21(13-14-23(17)32-2)34(30,31)27-22(16-18-7-5-4-6-8-18)24(28)26-20-11-9-19(10-12-20)25(29)33-3/h4-15,22,27H,16H2,1-3H3,(H,26,28). The van der Waals surface area contributed by atoms with Crippen LogP contribution in [0.3, 0.4) is 0 Å². The van der Waals surface area contributed by atoms with E-state index in [1.54, 1.807) is 25.1 Å². The van der Waals surface area contributed by atoms with Crippen LogP contribution in [0.1, 0.15) is 21.5 Å². The minimum Gasteiger partial charge on any atom is -0.496 e. The molecule has 0 saturated heterocycles. The van der Waals surface area contributed by atoms with E-state index in [-0.39, 0.29) is 11.3 Å². The molecule has 8 nitrogen and oxygen atoms in total. The summed E-state index contributed by atoms with van der Waals surface area (Å²) in [6.07, 6.45) is 0.140. The van der Waals surface area contributed by atoms with Crippen LogP contribution in [0.2, 0.25) is 0 Å². The van der Waals surface area contributed by atoms with Crippen molar-refractivity contribution >= 4 is 27.6 Å². The number of anilines is 1. The Hall–Kier alpha value is -3.69. The second-order valence-electron chi connectivity index (χ2n) is 7.55. The fraction of sp³-hybridized carbons (Fsp3) is 0.200. The van der Waals surface area contributed by atoms with E-state index in [2.05, 4.69) is 14.8 Å². The van der Waals surface area contributed by atoms with Gasteiger partial charge in [0.2, 0.25) is 15.9 Å². The van der Waals surface area contributed by atoms with E-state index in [0.717, 1.165) is 5.56 Å². The van der Waals surface area contributed by atoms with Gasteiger partial charge < -0.3 is 14.8 Å². The molecular formula is C25H26N2O6S. The number of aryl methyl sites for hydroxylation is 1. The maximum atomic E-state index is 13.1. The lowest BCUT2D eigenvalue weighted by atomic mass is 10.1. The summed E-state index contributed by atoms with van der Waals surface area (Å²) in [5.41, 5.74) is 2.18. The Morgan fingerprint density at radius 1 is 0.941 bits per heavy atom. The van der Waals surface area contributed by atoms with E-state index < -0.39 is 27.9 Å². The largest absolute Gasteiger partial charge is 0.496 e. The van der Waals surface area contributed by atoms with Crippen molar-refractivity contribution in [3.8, 4) is 5.75 Å². The van der Waals surface area contributed by atoms with Crippen LogP contribution in [-0.4, -0.2) is 40.6 Å². The molecule has 0 aromatic heterocycles. The molecule has 1 unspecified atom stereocenters. The lowest BCUT2D eigenvalue weighted by molar-refractivity contribution is -0.117. The summed E-state index contributed by atoms with van der Waals surface area (Å²) in [6, 6.07) is 18.6. The third-order valence-corrected chi connectivity index (χ3v) is 6.62. The second kappa shape index (κ2) is 11.0. The van der Waals surface area contributed by atoms with Crippen molar-refractivity contribution in [1.29, 1.82) is 0 Å². The van der Waals surface area contributed by atoms with Crippen LogP contribution in [0.25, 0.3) is 0 Å². The first-order chi connectivity index (χ1) is 16.2. The van der Waals surface area contributed by atoms with Crippen molar-refractivity contribution in [2.24, 2.45) is 0 Å². The molecule has 0 aliphatic carbocycles. The molecule has 0 spiro atoms. The molecule has 0 fully saturated rings. The van der Waals surface area contributed by atoms with E-state index >= 15 is 0 Å². The fourth-order valence-electron chi connectivity index (χ4n) is 3.35. The highest BCUT2D eigenvalue weighted by Gasteiger charge is 2.27. The highest BCUT2D eigenvalue weighted by Crippen LogP contribution is 2.22. The number of hydrogen-bond acceptors (Lipinski definition) is 6. The van der Waals surface area contributed by atoms with Crippen molar-refractivity contribution in [1.82, 2.24) is 4.72 Å². The summed E-state index contributed by atoms with van der Waals surface area (Å²) in [5.74, 6) is -0.473. The average molecular weight is 483 g/mol. The Labute approximate surface area is 199 Å². The minimum absolute atomic E-state index is 0.0269. The smallest absolute Gasteiger partial charge is 0.337 e. The molecule has 3 aromatic carbocycles. The number of carbonyl (C=O) groups excluding carboxylic acids is 2. The zero-order valence-corrected chi connectivity index (χ0v) is 19.9. The van der Waals surface area contributed by atoms with Gasteiger partial charge in [-0.1, -0.05) is 30.3 Å². The molecule has 0 saturated carbocycles. The van der Waals surface area contributed by atoms with Crippen LogP contribution >= 0.6 is 0 Å². The predicted molar refractivity (Wildman–Crippen MR) is 128 cm³/mol. The third-order valence-electron chi connectivity index (χ3n) is 5.15. The summed E-state index contributed by atoms with van der Waals surface area (Å²) in [5, 5.41) is 2.71. The Morgan fingerprint density at radius 3 is 2.21 bits per heavy atom. The van der Waals surface area contributed by atoms with Crippen LogP contribution in [0.5, 0.6) is 5.75 Å². The molecule has 178 valence electrons. The van der Waals surface area contributed by atoms with Gasteiger partial charge in [-0.2, -0.15) is 4.72 Å². The number of nitrogens with one attached hydrogen (secondary N) is 2. The molecule has 0 aliphatic heterocycles. The van der Waals surface area contributed by atoms with Gasteiger partial charge >= 0.3 is 5.97 Å². The molecular weight excluding hydrogens is 456 g/mol. The average Bonchev–Trinajstić information content (AvgIpc) is 2.84. The van der Waals surface area contributed by atoms with Gasteiger partial charge in [-0.25, -0.2) is 13.2 Å². The van der Waals surface area contributed by atoms with Gasteiger partial charge in [0, 0.05) is 5.69 Å². The first-order valence-corrected chi connectivity index (χ1v) is 11.9. The summed E-state index contributed by atoms with van der Waals surface area (Å²) in [6.45, 7) is 1.74. The molecule has 1 atom stereocenters. The maximum absolute atomic E-state index is 13.1. The van der Waals surface area contributed by atoms with Gasteiger partial charge in [0.1, 0.15) is 11.8 Å². The lowest BCUT2D eigenvalue weighted by Crippen LogP contribution is -2.45. The number of benzene rings is 3. The minimum atomic E-state index is -4.01. The number of esters is 1. The van der Waals surface area contributed by atoms with Gasteiger partial charge in [0.15, 0.2) is 0 Å². The molecule has 0 radical (unpaired) electrons. The van der Waals surface area contributed by atoms with Gasteiger partial charge in [0.05, 0.1) is 24.7 Å². The molecule has 0 heterocycles. The molecule has 2 N–H and O–H groups in total. The van der Waals surface area contributed by atoms with E-state index in [0.29, 0.717) is 22.6 Å². The van der Waals surface area contributed by atoms with Crippen molar-refractivity contribution in [3.63, 3.8) is 0 Å². The van der Waals surface area contributed by atoms with Gasteiger partial charge in [-0.3, -0.25) is 4.79 Å². The molecule has 34 heavy (non-hydrogen) atoms. The SMILES string of the molecule is COC(=O)c1ccc(NC(=O)C(Cc2ccccc2)NS(=O)(=O)c2ccc(OC)c(C)c2)cc1. The first kappa shape index (κ1) is 24.9. The van der Waals surface area contributed by atoms with Crippen molar-refractivity contribution in [2.75, 3.05) is 19.5 Å². The number of hydrogen-bond donors (Lipinski definition) is 2. The van der Waals surface area contributed by atoms with Gasteiger partial charge in [-0.05, 0) is 66.9 Å². The van der Waals surface area contributed by atoms with Crippen LogP contribution in [-0.2, 0) is 26.0 Å². The van der Waals surface area contributed by atoms with Crippen molar-refractivity contribution in [3.05, 3.63) is 89.5 Å². The highest BCUT2D eigenvalue weighted by atomic mass is 32.2. The quantitative estimate of drug-likeness (QED) is 0.453. The fourth-order valence-corrected chi connectivity index (χ4v) is 4.63. The summed E-state index contributed by atoms with van der Waals surface area (Å²) >= 11 is 0. The van der Waals surface area contributed by atoms with Crippen molar-refractivity contribution < 1.29 is 27.5 Å². The Bertz CT molecular complexity index is 1260. The topological polar surface area (TPSA) is 111 Å². The number of rotatable bonds is 9. The van der Waals surface area contributed by atoms with E-state index in [9.17, 15) is 18.0 Å².